The van der Waals surface area contributed by atoms with Crippen molar-refractivity contribution in [1.29, 1.82) is 0 Å². The molecule has 3 unspecified atom stereocenters. The fourth-order valence-electron chi connectivity index (χ4n) is 9.37. The second-order valence-electron chi connectivity index (χ2n) is 22.2. The van der Waals surface area contributed by atoms with Crippen LogP contribution in [0.15, 0.2) is 131 Å². The highest BCUT2D eigenvalue weighted by atomic mass is 79.9. The summed E-state index contributed by atoms with van der Waals surface area (Å²) in [6, 6.07) is 33.3. The molecule has 0 spiro atoms. The molecular weight excluding hydrogens is 1250 g/mol. The smallest absolute Gasteiger partial charge is 0.410 e. The number of hydrogen-bond donors (Lipinski definition) is 2. The molecule has 2 saturated heterocycles. The lowest BCUT2D eigenvalue weighted by atomic mass is 9.94. The van der Waals surface area contributed by atoms with Crippen LogP contribution in [0.25, 0.3) is 55.7 Å². The van der Waals surface area contributed by atoms with Crippen LogP contribution in [-0.4, -0.2) is 117 Å². The lowest BCUT2D eigenvalue weighted by molar-refractivity contribution is 0.0161. The van der Waals surface area contributed by atoms with E-state index in [1.807, 2.05) is 104 Å². The molecule has 6 heterocycles. The van der Waals surface area contributed by atoms with E-state index in [1.54, 1.807) is 16.0 Å². The standard InChI is InChI=1S/C30H34BrN5O2.C19H13BrClN3.C11H22N2O2.2O2S/c1-19-13-14-35(29(37)38-30(3,4)5)18-25(19)33-28-32-16-20(2)27(34-28)24-17-36(22-9-7-6-8-10-22)26-15-21(31)11-12-23(24)26;1-12-10-22-19(21)23-18(12)16-11-24(14-5-3-2-4-6-14)17-9-13(20)7-8-15(16)17;1-8-5-6-13(7-9(8)12)10(14)15-11(2,3)4;2*1-3-2/h6-12,15-17,19,25H,13-14,18H2,1-5H3,(H,32,33,34);2-11H,1H3;8-9H,5-7,12H2,1-4H3;;/t19-,25?;;;;/m0..../s1. The average Bonchev–Trinajstić information content (AvgIpc) is 4.11. The van der Waals surface area contributed by atoms with Crippen molar-refractivity contribution in [3.63, 3.8) is 0 Å². The molecule has 2 aliphatic rings. The number of para-hydroxylation sites is 2. The minimum Gasteiger partial charge on any atom is -0.444 e. The Morgan fingerprint density at radius 1 is 0.639 bits per heavy atom. The number of nitrogens with one attached hydrogen (secondary N) is 1. The van der Waals surface area contributed by atoms with E-state index in [0.717, 1.165) is 95.2 Å². The lowest BCUT2D eigenvalue weighted by Gasteiger charge is -2.38. The van der Waals surface area contributed by atoms with E-state index >= 15 is 0 Å². The Balaban J connectivity index is 0.000000209. The van der Waals surface area contributed by atoms with Crippen molar-refractivity contribution in [2.24, 2.45) is 17.6 Å². The molecule has 83 heavy (non-hydrogen) atoms. The third-order valence-electron chi connectivity index (χ3n) is 13.6. The number of fused-ring (bicyclic) bond motifs is 2. The summed E-state index contributed by atoms with van der Waals surface area (Å²) in [7, 11) is 0. The molecule has 4 aromatic carbocycles. The van der Waals surface area contributed by atoms with Gasteiger partial charge in [-0.25, -0.2) is 29.5 Å². The number of piperidine rings is 2. The Kier molecular flexibility index (Phi) is 23.4. The van der Waals surface area contributed by atoms with E-state index in [0.29, 0.717) is 37.4 Å². The summed E-state index contributed by atoms with van der Waals surface area (Å²) < 4.78 is 50.5. The van der Waals surface area contributed by atoms with E-state index < -0.39 is 34.3 Å². The van der Waals surface area contributed by atoms with Gasteiger partial charge in [-0.15, -0.1) is 0 Å². The fourth-order valence-corrected chi connectivity index (χ4v) is 10.2. The number of rotatable bonds is 6. The number of hydrogen-bond acceptors (Lipinski definition) is 14. The summed E-state index contributed by atoms with van der Waals surface area (Å²) in [6.45, 7) is 22.2. The van der Waals surface area contributed by atoms with Gasteiger partial charge in [-0.1, -0.05) is 94.2 Å². The fraction of sp³-hybridized carbons (Fsp3) is 0.367. The molecule has 4 aromatic heterocycles. The van der Waals surface area contributed by atoms with Gasteiger partial charge in [0.25, 0.3) is 0 Å². The predicted molar refractivity (Wildman–Crippen MR) is 335 cm³/mol. The first-order chi connectivity index (χ1) is 39.3. The Morgan fingerprint density at radius 2 is 1.06 bits per heavy atom. The first kappa shape index (κ1) is 65.5. The van der Waals surface area contributed by atoms with Crippen molar-refractivity contribution in [3.8, 4) is 33.9 Å². The maximum absolute atomic E-state index is 12.7. The van der Waals surface area contributed by atoms with Gasteiger partial charge >= 0.3 is 35.3 Å². The molecule has 2 aliphatic heterocycles. The number of nitrogens with two attached hydrogens (primary N) is 1. The highest BCUT2D eigenvalue weighted by Crippen LogP contribution is 2.37. The molecule has 8 aromatic rings. The number of carbonyl (C=O) groups is 2. The topological polar surface area (TPSA) is 227 Å². The molecule has 0 aliphatic carbocycles. The zero-order valence-corrected chi connectivity index (χ0v) is 53.5. The van der Waals surface area contributed by atoms with Crippen LogP contribution in [0.1, 0.15) is 79.4 Å². The van der Waals surface area contributed by atoms with Crippen molar-refractivity contribution >= 4 is 107 Å². The monoisotopic (exact) mass is 1310 g/mol. The number of aryl methyl sites for hydroxylation is 2. The van der Waals surface area contributed by atoms with Crippen LogP contribution in [0, 0.1) is 25.7 Å². The maximum atomic E-state index is 12.7. The summed E-state index contributed by atoms with van der Waals surface area (Å²) in [5.74, 6) is 1.41. The van der Waals surface area contributed by atoms with E-state index in [4.69, 9.17) is 48.6 Å². The highest BCUT2D eigenvalue weighted by molar-refractivity contribution is 9.10. The molecule has 10 rings (SSSR count). The van der Waals surface area contributed by atoms with E-state index in [2.05, 4.69) is 142 Å². The molecule has 4 atom stereocenters. The molecule has 18 nitrogen and oxygen atoms in total. The van der Waals surface area contributed by atoms with Gasteiger partial charge in [-0.3, -0.25) is 0 Å². The minimum atomic E-state index is -0.750. The molecule has 2 fully saturated rings. The third kappa shape index (κ3) is 18.2. The molecule has 23 heteroatoms. The lowest BCUT2D eigenvalue weighted by Crippen LogP contribution is -2.50. The molecular formula is C60H69Br2ClN10O8S2. The largest absolute Gasteiger partial charge is 0.444 e. The highest BCUT2D eigenvalue weighted by Gasteiger charge is 2.33. The molecule has 0 radical (unpaired) electrons. The van der Waals surface area contributed by atoms with Crippen LogP contribution in [-0.2, 0) is 32.6 Å². The second-order valence-corrected chi connectivity index (χ2v) is 24.6. The van der Waals surface area contributed by atoms with Crippen LogP contribution in [0.5, 0.6) is 0 Å². The summed E-state index contributed by atoms with van der Waals surface area (Å²) in [5.41, 5.74) is 15.2. The van der Waals surface area contributed by atoms with Crippen LogP contribution >= 0.6 is 43.5 Å². The van der Waals surface area contributed by atoms with Crippen LogP contribution in [0.2, 0.25) is 5.28 Å². The molecule has 0 saturated carbocycles. The number of ether oxygens (including phenoxy) is 2. The number of nitrogens with zero attached hydrogens (tertiary/aromatic N) is 8. The summed E-state index contributed by atoms with van der Waals surface area (Å²) in [5, 5.41) is 6.03. The van der Waals surface area contributed by atoms with Crippen LogP contribution in [0.3, 0.4) is 0 Å². The van der Waals surface area contributed by atoms with Gasteiger partial charge in [0.1, 0.15) is 11.2 Å². The molecule has 440 valence electrons. The Labute approximate surface area is 513 Å². The quantitative estimate of drug-likeness (QED) is 0.148. The van der Waals surface area contributed by atoms with E-state index in [1.165, 1.54) is 0 Å². The first-order valence-corrected chi connectivity index (χ1v) is 30.0. The van der Waals surface area contributed by atoms with Crippen molar-refractivity contribution in [1.82, 2.24) is 38.9 Å². The number of aromatic nitrogens is 6. The van der Waals surface area contributed by atoms with E-state index in [-0.39, 0.29) is 29.6 Å². The van der Waals surface area contributed by atoms with Crippen molar-refractivity contribution in [2.45, 2.75) is 105 Å². The number of likely N-dealkylation sites (tertiary alicyclic amines) is 2. The minimum absolute atomic E-state index is 0.0217. The number of benzene rings is 4. The zero-order valence-electron chi connectivity index (χ0n) is 48.0. The van der Waals surface area contributed by atoms with Gasteiger partial charge in [0, 0.05) is 105 Å². The zero-order chi connectivity index (χ0) is 60.8. The van der Waals surface area contributed by atoms with Crippen LogP contribution < -0.4 is 11.1 Å². The summed E-state index contributed by atoms with van der Waals surface area (Å²) in [6.07, 6.45) is 9.21. The number of halogens is 3. The molecule has 2 amide bonds. The second kappa shape index (κ2) is 29.7. The maximum Gasteiger partial charge on any atom is 0.410 e. The van der Waals surface area contributed by atoms with Crippen molar-refractivity contribution in [3.05, 3.63) is 147 Å². The van der Waals surface area contributed by atoms with Gasteiger partial charge in [0.15, 0.2) is 0 Å². The average molecular weight is 1320 g/mol. The Morgan fingerprint density at radius 3 is 1.51 bits per heavy atom. The third-order valence-corrected chi connectivity index (χ3v) is 14.8. The Hall–Kier alpha value is -6.69. The predicted octanol–water partition coefficient (Wildman–Crippen LogP) is 13.3. The van der Waals surface area contributed by atoms with Crippen molar-refractivity contribution < 1.29 is 35.9 Å². The normalized spacial score (nSPS) is 16.7. The number of carbonyl (C=O) groups excluding carboxylic acids is 2. The Bertz CT molecular complexity index is 3580. The SMILES string of the molecule is CC1CCN(C(=O)OC(C)(C)C)CC1N.Cc1cnc(Cl)nc1-c1cn(-c2ccccc2)c2cc(Br)ccc12.Cc1cnc(NC2CN(C(=O)OC(C)(C)C)CC[C@@H]2C)nc1-c1cn(-c2ccccc2)c2cc(Br)ccc12.O=S=O.O=S=O. The molecule has 3 N–H and O–H groups in total. The van der Waals surface area contributed by atoms with Gasteiger partial charge in [0.05, 0.1) is 22.4 Å². The number of amides is 2. The first-order valence-electron chi connectivity index (χ1n) is 26.7. The van der Waals surface area contributed by atoms with Gasteiger partial charge in [-0.2, -0.15) is 16.8 Å². The molecule has 0 bridgehead atoms. The van der Waals surface area contributed by atoms with Crippen LogP contribution in [0.4, 0.5) is 15.5 Å². The summed E-state index contributed by atoms with van der Waals surface area (Å²) >= 11 is 11.7. The summed E-state index contributed by atoms with van der Waals surface area (Å²) in [4.78, 5) is 46.0. The van der Waals surface area contributed by atoms with Gasteiger partial charge in [-0.05, 0) is 151 Å². The van der Waals surface area contributed by atoms with Crippen molar-refractivity contribution in [2.75, 3.05) is 31.5 Å². The van der Waals surface area contributed by atoms with Gasteiger partial charge < -0.3 is 39.5 Å². The number of anilines is 1. The van der Waals surface area contributed by atoms with E-state index in [9.17, 15) is 9.59 Å². The van der Waals surface area contributed by atoms with Gasteiger partial charge in [0.2, 0.25) is 11.2 Å².